The van der Waals surface area contributed by atoms with Gasteiger partial charge in [-0.05, 0) is 103 Å². The number of esters is 1. The van der Waals surface area contributed by atoms with Crippen molar-refractivity contribution in [3.8, 4) is 11.5 Å². The smallest absolute Gasteiger partial charge is 0.317 e. The van der Waals surface area contributed by atoms with E-state index in [2.05, 4.69) is 15.9 Å². The topological polar surface area (TPSA) is 55.8 Å². The number of carbonyl (C=O) groups excluding carboxylic acids is 2. The number of hydrogen-bond donors (Lipinski definition) is 0. The number of carbonyl (C=O) groups is 2. The van der Waals surface area contributed by atoms with Crippen molar-refractivity contribution in [2.75, 3.05) is 13.7 Å². The summed E-state index contributed by atoms with van der Waals surface area (Å²) in [6, 6.07) is 3.65. The van der Waals surface area contributed by atoms with Crippen molar-refractivity contribution in [2.24, 2.45) is 23.2 Å². The van der Waals surface area contributed by atoms with Gasteiger partial charge in [0.2, 0.25) is 0 Å². The molecular weight excluding hydrogens is 510 g/mol. The lowest BCUT2D eigenvalue weighted by molar-refractivity contribution is -0.161. The Kier molecular flexibility index (Phi) is 5.91. The maximum absolute atomic E-state index is 13.4. The summed E-state index contributed by atoms with van der Waals surface area (Å²) in [5.41, 5.74) is 0.437. The summed E-state index contributed by atoms with van der Waals surface area (Å²) in [5.74, 6) is 2.68. The number of thiocarbonyl (C=S) groups is 1. The van der Waals surface area contributed by atoms with Gasteiger partial charge in [-0.15, -0.1) is 0 Å². The molecule has 4 aliphatic carbocycles. The fourth-order valence-corrected chi connectivity index (χ4v) is 8.33. The molecule has 32 heavy (non-hydrogen) atoms. The van der Waals surface area contributed by atoms with Crippen molar-refractivity contribution in [1.82, 2.24) is 4.90 Å². The molecule has 5 fully saturated rings. The van der Waals surface area contributed by atoms with Crippen LogP contribution in [0.1, 0.15) is 51.0 Å². The zero-order valence-electron chi connectivity index (χ0n) is 18.2. The first kappa shape index (κ1) is 22.4. The van der Waals surface area contributed by atoms with Gasteiger partial charge in [0.15, 0.2) is 11.5 Å². The molecule has 5 nitrogen and oxygen atoms in total. The second kappa shape index (κ2) is 8.44. The van der Waals surface area contributed by atoms with E-state index in [9.17, 15) is 9.59 Å². The molecule has 4 saturated carbocycles. The summed E-state index contributed by atoms with van der Waals surface area (Å²) in [5, 5.41) is 0. The zero-order valence-corrected chi connectivity index (χ0v) is 21.4. The number of halogens is 1. The van der Waals surface area contributed by atoms with Gasteiger partial charge in [0, 0.05) is 6.54 Å². The quantitative estimate of drug-likeness (QED) is 0.205. The molecule has 1 aromatic rings. The van der Waals surface area contributed by atoms with Crippen LogP contribution in [0.25, 0.3) is 6.08 Å². The lowest BCUT2D eigenvalue weighted by Gasteiger charge is -2.55. The SMILES string of the molecule is CCN1C(=O)/C(=C\c2cc(Br)c(OC(=O)C34CC5CC(CC(C5)C3)C4)c(OC)c2)SC1=S. The third-order valence-corrected chi connectivity index (χ3v) is 9.37. The molecule has 0 unspecified atom stereocenters. The monoisotopic (exact) mass is 535 g/mol. The predicted molar refractivity (Wildman–Crippen MR) is 132 cm³/mol. The van der Waals surface area contributed by atoms with Crippen LogP contribution in [0.3, 0.4) is 0 Å². The molecule has 0 N–H and O–H groups in total. The first-order chi connectivity index (χ1) is 15.3. The molecule has 8 heteroatoms. The van der Waals surface area contributed by atoms with Gasteiger partial charge < -0.3 is 9.47 Å². The Morgan fingerprint density at radius 3 is 2.41 bits per heavy atom. The van der Waals surface area contributed by atoms with Gasteiger partial charge in [0.05, 0.1) is 21.9 Å². The van der Waals surface area contributed by atoms with E-state index in [0.717, 1.165) is 24.8 Å². The zero-order chi connectivity index (χ0) is 22.6. The highest BCUT2D eigenvalue weighted by Gasteiger charge is 2.55. The van der Waals surface area contributed by atoms with Gasteiger partial charge in [-0.3, -0.25) is 14.5 Å². The van der Waals surface area contributed by atoms with Crippen LogP contribution in [0.15, 0.2) is 21.5 Å². The van der Waals surface area contributed by atoms with E-state index in [4.69, 9.17) is 21.7 Å². The number of amides is 1. The Labute approximate surface area is 206 Å². The van der Waals surface area contributed by atoms with Gasteiger partial charge in [-0.25, -0.2) is 0 Å². The number of benzene rings is 1. The molecule has 6 rings (SSSR count). The predicted octanol–water partition coefficient (Wildman–Crippen LogP) is 5.80. The van der Waals surface area contributed by atoms with Gasteiger partial charge in [-0.2, -0.15) is 0 Å². The van der Waals surface area contributed by atoms with E-state index in [1.807, 2.05) is 13.0 Å². The van der Waals surface area contributed by atoms with E-state index < -0.39 is 0 Å². The number of thioether (sulfide) groups is 1. The van der Waals surface area contributed by atoms with Crippen molar-refractivity contribution >= 4 is 62.2 Å². The molecule has 5 aliphatic rings. The van der Waals surface area contributed by atoms with Gasteiger partial charge >= 0.3 is 5.97 Å². The molecule has 0 aromatic heterocycles. The molecule has 0 atom stereocenters. The molecule has 1 amide bonds. The van der Waals surface area contributed by atoms with E-state index >= 15 is 0 Å². The standard InChI is InChI=1S/C24H26BrNO4S2/c1-3-26-21(27)19(32-23(26)31)9-13-7-17(25)20(18(8-13)29-2)30-22(28)24-10-14-4-15(11-24)6-16(5-14)12-24/h7-9,14-16H,3-6,10-12H2,1-2H3/b19-9+. The van der Waals surface area contributed by atoms with Crippen molar-refractivity contribution in [3.63, 3.8) is 0 Å². The number of likely N-dealkylation sites (N-methyl/N-ethyl adjacent to an activating group) is 1. The molecule has 0 radical (unpaired) electrons. The Morgan fingerprint density at radius 1 is 1.25 bits per heavy atom. The van der Waals surface area contributed by atoms with Crippen molar-refractivity contribution < 1.29 is 19.1 Å². The summed E-state index contributed by atoms with van der Waals surface area (Å²) in [6.45, 7) is 2.45. The second-order valence-electron chi connectivity index (χ2n) is 9.55. The number of methoxy groups -OCH3 is 1. The van der Waals surface area contributed by atoms with Crippen LogP contribution in [0.2, 0.25) is 0 Å². The van der Waals surface area contributed by atoms with Crippen LogP contribution in [0.4, 0.5) is 0 Å². The number of rotatable bonds is 5. The Balaban J connectivity index is 1.40. The molecule has 1 aromatic carbocycles. The van der Waals surface area contributed by atoms with Crippen molar-refractivity contribution in [2.45, 2.75) is 45.4 Å². The summed E-state index contributed by atoms with van der Waals surface area (Å²) in [4.78, 5) is 28.1. The van der Waals surface area contributed by atoms with Gasteiger partial charge in [0.1, 0.15) is 4.32 Å². The first-order valence-corrected chi connectivity index (χ1v) is 13.2. The highest BCUT2D eigenvalue weighted by molar-refractivity contribution is 9.10. The first-order valence-electron chi connectivity index (χ1n) is 11.2. The van der Waals surface area contributed by atoms with Crippen LogP contribution in [-0.2, 0) is 9.59 Å². The number of ether oxygens (including phenoxy) is 2. The number of hydrogen-bond acceptors (Lipinski definition) is 6. The van der Waals surface area contributed by atoms with Crippen LogP contribution < -0.4 is 9.47 Å². The van der Waals surface area contributed by atoms with Crippen LogP contribution >= 0.6 is 39.9 Å². The van der Waals surface area contributed by atoms with Crippen LogP contribution in [0, 0.1) is 23.2 Å². The number of nitrogens with zero attached hydrogens (tertiary/aromatic N) is 1. The fourth-order valence-electron chi connectivity index (χ4n) is 6.41. The molecule has 0 spiro atoms. The molecule has 1 saturated heterocycles. The molecule has 1 aliphatic heterocycles. The Bertz CT molecular complexity index is 1000. The third kappa shape index (κ3) is 3.82. The van der Waals surface area contributed by atoms with E-state index in [0.29, 0.717) is 49.5 Å². The average Bonchev–Trinajstić information content (AvgIpc) is 3.00. The van der Waals surface area contributed by atoms with Crippen LogP contribution in [-0.4, -0.2) is 34.8 Å². The normalized spacial score (nSPS) is 32.2. The maximum atomic E-state index is 13.4. The lowest BCUT2D eigenvalue weighted by atomic mass is 9.49. The Hall–Kier alpha value is -1.38. The van der Waals surface area contributed by atoms with Gasteiger partial charge in [0.25, 0.3) is 5.91 Å². The van der Waals surface area contributed by atoms with E-state index in [1.54, 1.807) is 24.2 Å². The van der Waals surface area contributed by atoms with E-state index in [-0.39, 0.29) is 17.3 Å². The van der Waals surface area contributed by atoms with Crippen molar-refractivity contribution in [3.05, 3.63) is 27.1 Å². The molecular formula is C24H26BrNO4S2. The average molecular weight is 537 g/mol. The van der Waals surface area contributed by atoms with Crippen molar-refractivity contribution in [1.29, 1.82) is 0 Å². The summed E-state index contributed by atoms with van der Waals surface area (Å²) in [7, 11) is 1.56. The molecule has 1 heterocycles. The second-order valence-corrected chi connectivity index (χ2v) is 12.1. The minimum Gasteiger partial charge on any atom is -0.493 e. The maximum Gasteiger partial charge on any atom is 0.317 e. The summed E-state index contributed by atoms with van der Waals surface area (Å²) in [6.07, 6.45) is 8.49. The highest BCUT2D eigenvalue weighted by atomic mass is 79.9. The van der Waals surface area contributed by atoms with E-state index in [1.165, 1.54) is 31.0 Å². The minimum atomic E-state index is -0.341. The molecule has 170 valence electrons. The fraction of sp³-hybridized carbons (Fsp3) is 0.542. The Morgan fingerprint density at radius 2 is 1.88 bits per heavy atom. The molecule has 4 bridgehead atoms. The van der Waals surface area contributed by atoms with Gasteiger partial charge in [-0.1, -0.05) is 24.0 Å². The largest absolute Gasteiger partial charge is 0.493 e. The lowest BCUT2D eigenvalue weighted by Crippen LogP contribution is -2.51. The highest BCUT2D eigenvalue weighted by Crippen LogP contribution is 2.60. The summed E-state index contributed by atoms with van der Waals surface area (Å²) < 4.78 is 12.8. The summed E-state index contributed by atoms with van der Waals surface area (Å²) >= 11 is 10.2. The minimum absolute atomic E-state index is 0.0880. The van der Waals surface area contributed by atoms with Crippen LogP contribution in [0.5, 0.6) is 11.5 Å². The third-order valence-electron chi connectivity index (χ3n) is 7.41.